The van der Waals surface area contributed by atoms with E-state index in [0.29, 0.717) is 6.04 Å². The topological polar surface area (TPSA) is 63.8 Å². The van der Waals surface area contributed by atoms with Crippen molar-refractivity contribution in [1.29, 1.82) is 0 Å². The molecule has 2 rings (SSSR count). The third kappa shape index (κ3) is 3.47. The van der Waals surface area contributed by atoms with E-state index in [1.807, 2.05) is 6.07 Å². The minimum atomic E-state index is 0. The molecule has 0 bridgehead atoms. The lowest BCUT2D eigenvalue weighted by Gasteiger charge is -2.29. The molecule has 0 saturated heterocycles. The normalized spacial score (nSPS) is 24.6. The molecule has 1 heterocycles. The molecular weight excluding hydrogens is 247 g/mol. The first-order valence-electron chi connectivity index (χ1n) is 5.26. The van der Waals surface area contributed by atoms with Gasteiger partial charge in [0.25, 0.3) is 0 Å². The van der Waals surface area contributed by atoms with Crippen LogP contribution < -0.4 is 11.1 Å². The summed E-state index contributed by atoms with van der Waals surface area (Å²) < 4.78 is 0. The Kier molecular flexibility index (Phi) is 5.25. The van der Waals surface area contributed by atoms with Crippen LogP contribution in [0, 0.1) is 0 Å². The highest BCUT2D eigenvalue weighted by atomic mass is 35.5. The fourth-order valence-corrected chi connectivity index (χ4v) is 2.09. The lowest BCUT2D eigenvalue weighted by atomic mass is 9.91. The Bertz CT molecular complexity index is 334. The van der Waals surface area contributed by atoms with Crippen molar-refractivity contribution >= 4 is 29.8 Å². The monoisotopic (exact) mass is 262 g/mol. The highest BCUT2D eigenvalue weighted by molar-refractivity contribution is 6.28. The zero-order chi connectivity index (χ0) is 10.7. The molecule has 0 radical (unpaired) electrons. The zero-order valence-corrected chi connectivity index (χ0v) is 10.5. The van der Waals surface area contributed by atoms with Gasteiger partial charge in [0.15, 0.2) is 0 Å². The van der Waals surface area contributed by atoms with E-state index in [9.17, 15) is 0 Å². The van der Waals surface area contributed by atoms with Crippen molar-refractivity contribution in [1.82, 2.24) is 9.97 Å². The van der Waals surface area contributed by atoms with Crippen LogP contribution in [-0.4, -0.2) is 22.1 Å². The lowest BCUT2D eigenvalue weighted by molar-refractivity contribution is 0.403. The predicted octanol–water partition coefficient (Wildman–Crippen LogP) is 2.23. The molecule has 6 heteroatoms. The van der Waals surface area contributed by atoms with E-state index in [-0.39, 0.29) is 23.7 Å². The Morgan fingerprint density at radius 1 is 1.38 bits per heavy atom. The van der Waals surface area contributed by atoms with Crippen molar-refractivity contribution in [3.63, 3.8) is 0 Å². The zero-order valence-electron chi connectivity index (χ0n) is 8.90. The Hall–Kier alpha value is -0.580. The summed E-state index contributed by atoms with van der Waals surface area (Å²) in [6.45, 7) is 0. The predicted molar refractivity (Wildman–Crippen MR) is 68.1 cm³/mol. The second kappa shape index (κ2) is 6.23. The number of rotatable bonds is 2. The summed E-state index contributed by atoms with van der Waals surface area (Å²) in [6, 6.07) is 2.34. The van der Waals surface area contributed by atoms with Gasteiger partial charge in [0.2, 0.25) is 5.28 Å². The number of halogens is 2. The van der Waals surface area contributed by atoms with Crippen LogP contribution >= 0.6 is 24.0 Å². The van der Waals surface area contributed by atoms with Gasteiger partial charge in [0.05, 0.1) is 0 Å². The van der Waals surface area contributed by atoms with Gasteiger partial charge in [-0.05, 0) is 30.5 Å². The van der Waals surface area contributed by atoms with Gasteiger partial charge >= 0.3 is 0 Å². The lowest BCUT2D eigenvalue weighted by Crippen LogP contribution is -2.42. The van der Waals surface area contributed by atoms with E-state index in [1.165, 1.54) is 12.8 Å². The second-order valence-electron chi connectivity index (χ2n) is 3.91. The molecule has 0 amide bonds. The summed E-state index contributed by atoms with van der Waals surface area (Å²) in [5.74, 6) is 0.761. The maximum absolute atomic E-state index is 6.03. The number of aromatic nitrogens is 2. The minimum Gasteiger partial charge on any atom is -0.366 e. The Morgan fingerprint density at radius 3 is 2.81 bits per heavy atom. The molecule has 1 aromatic rings. The van der Waals surface area contributed by atoms with E-state index in [0.717, 1.165) is 18.7 Å². The molecule has 1 aromatic heterocycles. The highest BCUT2D eigenvalue weighted by Crippen LogP contribution is 2.20. The van der Waals surface area contributed by atoms with Crippen LogP contribution in [0.3, 0.4) is 0 Å². The molecule has 3 N–H and O–H groups in total. The Balaban J connectivity index is 0.00000128. The van der Waals surface area contributed by atoms with Crippen LogP contribution in [0.25, 0.3) is 0 Å². The molecule has 0 aromatic carbocycles. The molecule has 16 heavy (non-hydrogen) atoms. The first-order chi connectivity index (χ1) is 7.25. The maximum atomic E-state index is 6.03. The molecule has 1 aliphatic carbocycles. The summed E-state index contributed by atoms with van der Waals surface area (Å²) in [5.41, 5.74) is 6.03. The van der Waals surface area contributed by atoms with E-state index < -0.39 is 0 Å². The van der Waals surface area contributed by atoms with Crippen molar-refractivity contribution < 1.29 is 0 Å². The van der Waals surface area contributed by atoms with Gasteiger partial charge < -0.3 is 11.1 Å². The minimum absolute atomic E-state index is 0. The van der Waals surface area contributed by atoms with Gasteiger partial charge in [-0.25, -0.2) is 9.97 Å². The van der Waals surface area contributed by atoms with Gasteiger partial charge in [-0.2, -0.15) is 0 Å². The number of anilines is 1. The fraction of sp³-hybridized carbons (Fsp3) is 0.600. The van der Waals surface area contributed by atoms with Gasteiger partial charge in [-0.1, -0.05) is 12.8 Å². The molecule has 2 atom stereocenters. The van der Waals surface area contributed by atoms with E-state index in [2.05, 4.69) is 15.3 Å². The van der Waals surface area contributed by atoms with E-state index >= 15 is 0 Å². The third-order valence-electron chi connectivity index (χ3n) is 2.78. The maximum Gasteiger partial charge on any atom is 0.224 e. The van der Waals surface area contributed by atoms with Crippen LogP contribution in [0.1, 0.15) is 25.7 Å². The first kappa shape index (κ1) is 13.5. The van der Waals surface area contributed by atoms with Crippen molar-refractivity contribution in [2.24, 2.45) is 5.73 Å². The summed E-state index contributed by atoms with van der Waals surface area (Å²) in [4.78, 5) is 7.92. The summed E-state index contributed by atoms with van der Waals surface area (Å²) >= 11 is 5.71. The second-order valence-corrected chi connectivity index (χ2v) is 4.25. The van der Waals surface area contributed by atoms with Crippen molar-refractivity contribution in [2.45, 2.75) is 37.8 Å². The van der Waals surface area contributed by atoms with E-state index in [4.69, 9.17) is 17.3 Å². The molecular formula is C10H16Cl2N4. The molecule has 1 aliphatic rings. The molecule has 4 nitrogen and oxygen atoms in total. The van der Waals surface area contributed by atoms with E-state index in [1.54, 1.807) is 6.20 Å². The van der Waals surface area contributed by atoms with Crippen LogP contribution in [0.5, 0.6) is 0 Å². The number of nitrogens with zero attached hydrogens (tertiary/aromatic N) is 2. The van der Waals surface area contributed by atoms with Crippen molar-refractivity contribution in [3.05, 3.63) is 17.5 Å². The first-order valence-corrected chi connectivity index (χ1v) is 5.64. The molecule has 0 spiro atoms. The average Bonchev–Trinajstić information content (AvgIpc) is 2.22. The van der Waals surface area contributed by atoms with Gasteiger partial charge in [0, 0.05) is 18.3 Å². The van der Waals surface area contributed by atoms with Crippen molar-refractivity contribution in [2.75, 3.05) is 5.32 Å². The molecule has 1 saturated carbocycles. The van der Waals surface area contributed by atoms with Crippen molar-refractivity contribution in [3.8, 4) is 0 Å². The largest absolute Gasteiger partial charge is 0.366 e. The highest BCUT2D eigenvalue weighted by Gasteiger charge is 2.21. The van der Waals surface area contributed by atoms with Gasteiger partial charge in [0.1, 0.15) is 5.82 Å². The van der Waals surface area contributed by atoms with Gasteiger partial charge in [-0.3, -0.25) is 0 Å². The number of hydrogen-bond acceptors (Lipinski definition) is 4. The summed E-state index contributed by atoms with van der Waals surface area (Å²) in [7, 11) is 0. The Labute approximate surface area is 106 Å². The van der Waals surface area contributed by atoms with Crippen LogP contribution in [0.15, 0.2) is 12.3 Å². The van der Waals surface area contributed by atoms with Crippen LogP contribution in [0.4, 0.5) is 5.82 Å². The Morgan fingerprint density at radius 2 is 2.12 bits per heavy atom. The SMILES string of the molecule is Cl.NC1CCCCC1Nc1ccnc(Cl)n1. The van der Waals surface area contributed by atoms with Crippen LogP contribution in [0.2, 0.25) is 5.28 Å². The average molecular weight is 263 g/mol. The number of hydrogen-bond donors (Lipinski definition) is 2. The third-order valence-corrected chi connectivity index (χ3v) is 2.96. The molecule has 90 valence electrons. The van der Waals surface area contributed by atoms with Gasteiger partial charge in [-0.15, -0.1) is 12.4 Å². The number of nitrogens with two attached hydrogens (primary N) is 1. The molecule has 2 unspecified atom stereocenters. The smallest absolute Gasteiger partial charge is 0.224 e. The quantitative estimate of drug-likeness (QED) is 0.803. The number of nitrogens with one attached hydrogen (secondary N) is 1. The molecule has 0 aliphatic heterocycles. The standard InChI is InChI=1S/C10H15ClN4.ClH/c11-10-13-6-5-9(15-10)14-8-4-2-1-3-7(8)12;/h5-8H,1-4,12H2,(H,13,14,15);1H. The summed E-state index contributed by atoms with van der Waals surface area (Å²) in [6.07, 6.45) is 6.28. The van der Waals surface area contributed by atoms with Crippen LogP contribution in [-0.2, 0) is 0 Å². The fourth-order valence-electron chi connectivity index (χ4n) is 1.94. The summed E-state index contributed by atoms with van der Waals surface area (Å²) in [5, 5.41) is 3.58. The molecule has 1 fully saturated rings.